The van der Waals surface area contributed by atoms with Gasteiger partial charge < -0.3 is 20.1 Å². The van der Waals surface area contributed by atoms with Gasteiger partial charge in [-0.05, 0) is 82.1 Å². The van der Waals surface area contributed by atoms with Gasteiger partial charge in [0.2, 0.25) is 0 Å². The number of allylic oxidation sites excluding steroid dienone is 1. The highest BCUT2D eigenvalue weighted by Gasteiger charge is 2.17. The number of fused-ring (bicyclic) bond motifs is 1. The molecule has 2 aromatic carbocycles. The highest BCUT2D eigenvalue weighted by molar-refractivity contribution is 5.88. The molecule has 5 heteroatoms. The maximum absolute atomic E-state index is 10.8. The first-order chi connectivity index (χ1) is 16.1. The van der Waals surface area contributed by atoms with Crippen LogP contribution in [0.4, 0.5) is 0 Å². The maximum atomic E-state index is 10.8. The van der Waals surface area contributed by atoms with Gasteiger partial charge in [-0.25, -0.2) is 0 Å². The molecule has 180 valence electrons. The molecule has 1 aliphatic rings. The number of nitrogens with zero attached hydrogens (tertiary/aromatic N) is 1. The van der Waals surface area contributed by atoms with Crippen LogP contribution in [0.3, 0.4) is 0 Å². The lowest BCUT2D eigenvalue weighted by Gasteiger charge is -2.33. The summed E-state index contributed by atoms with van der Waals surface area (Å²) in [6, 6.07) is 15.2. The van der Waals surface area contributed by atoms with E-state index in [0.29, 0.717) is 19.1 Å². The van der Waals surface area contributed by atoms with E-state index in [4.69, 9.17) is 9.84 Å². The minimum Gasteiger partial charge on any atom is -0.489 e. The highest BCUT2D eigenvalue weighted by Crippen LogP contribution is 2.25. The number of carboxylic acids is 1. The van der Waals surface area contributed by atoms with Crippen LogP contribution in [0, 0.1) is 0 Å². The first-order valence-electron chi connectivity index (χ1n) is 12.6. The molecule has 1 unspecified atom stereocenters. The van der Waals surface area contributed by atoms with Gasteiger partial charge >= 0.3 is 5.97 Å². The Labute approximate surface area is 198 Å². The van der Waals surface area contributed by atoms with Crippen molar-refractivity contribution in [3.05, 3.63) is 54.1 Å². The Morgan fingerprint density at radius 2 is 2.00 bits per heavy atom. The first-order valence-corrected chi connectivity index (χ1v) is 12.6. The van der Waals surface area contributed by atoms with E-state index in [1.807, 2.05) is 24.3 Å². The van der Waals surface area contributed by atoms with Gasteiger partial charge in [-0.1, -0.05) is 48.9 Å². The summed E-state index contributed by atoms with van der Waals surface area (Å²) < 4.78 is 6.23. The summed E-state index contributed by atoms with van der Waals surface area (Å²) in [6.07, 6.45) is 10.1. The van der Waals surface area contributed by atoms with Crippen molar-refractivity contribution in [2.45, 2.75) is 64.3 Å². The zero-order valence-electron chi connectivity index (χ0n) is 20.1. The second-order valence-corrected chi connectivity index (χ2v) is 9.18. The first kappa shape index (κ1) is 25.3. The van der Waals surface area contributed by atoms with Crippen molar-refractivity contribution in [2.75, 3.05) is 32.8 Å². The van der Waals surface area contributed by atoms with Crippen LogP contribution >= 0.6 is 0 Å². The van der Waals surface area contributed by atoms with Gasteiger partial charge in [0.15, 0.2) is 0 Å². The largest absolute Gasteiger partial charge is 0.489 e. The van der Waals surface area contributed by atoms with Gasteiger partial charge in [0.25, 0.3) is 0 Å². The normalized spacial score (nSPS) is 17.4. The molecular weight excluding hydrogens is 412 g/mol. The van der Waals surface area contributed by atoms with E-state index in [0.717, 1.165) is 50.0 Å². The fourth-order valence-electron chi connectivity index (χ4n) is 4.55. The van der Waals surface area contributed by atoms with Gasteiger partial charge in [0, 0.05) is 24.4 Å². The Balaban J connectivity index is 1.49. The fraction of sp³-hybridized carbons (Fsp3) is 0.536. The number of carboxylic acid groups (broad SMARTS) is 1. The Morgan fingerprint density at radius 1 is 1.15 bits per heavy atom. The quantitative estimate of drug-likeness (QED) is 0.287. The number of piperidine rings is 1. The average molecular weight is 453 g/mol. The van der Waals surface area contributed by atoms with Gasteiger partial charge in [-0.15, -0.1) is 0 Å². The Bertz CT molecular complexity index is 890. The van der Waals surface area contributed by atoms with E-state index in [9.17, 15) is 4.79 Å². The van der Waals surface area contributed by atoms with Crippen molar-refractivity contribution >= 4 is 16.7 Å². The Hall–Kier alpha value is -2.37. The number of hydrogen-bond acceptors (Lipinski definition) is 4. The molecule has 0 saturated carbocycles. The van der Waals surface area contributed by atoms with Gasteiger partial charge in [0.05, 0.1) is 0 Å². The molecule has 1 saturated heterocycles. The van der Waals surface area contributed by atoms with Crippen LogP contribution in [0.1, 0.15) is 58.3 Å². The number of benzene rings is 2. The van der Waals surface area contributed by atoms with Crippen LogP contribution in [-0.4, -0.2) is 54.8 Å². The molecule has 1 aliphatic heterocycles. The summed E-state index contributed by atoms with van der Waals surface area (Å²) in [5.41, 5.74) is 1.23. The summed E-state index contributed by atoms with van der Waals surface area (Å²) in [7, 11) is 0. The number of unbranched alkanes of at least 4 members (excludes halogenated alkanes) is 2. The number of hydrogen-bond donors (Lipinski definition) is 2. The number of aliphatic carboxylic acids is 1. The molecule has 0 spiro atoms. The number of ether oxygens (including phenoxy) is 1. The molecule has 0 amide bonds. The molecule has 2 N–H and O–H groups in total. The molecule has 1 atom stereocenters. The van der Waals surface area contributed by atoms with Crippen molar-refractivity contribution in [3.8, 4) is 5.75 Å². The zero-order valence-corrected chi connectivity index (χ0v) is 20.1. The molecule has 1 fully saturated rings. The van der Waals surface area contributed by atoms with Crippen molar-refractivity contribution in [3.63, 3.8) is 0 Å². The molecule has 5 nitrogen and oxygen atoms in total. The van der Waals surface area contributed by atoms with Crippen LogP contribution in [-0.2, 0) is 4.79 Å². The van der Waals surface area contributed by atoms with Crippen LogP contribution in [0.2, 0.25) is 0 Å². The summed E-state index contributed by atoms with van der Waals surface area (Å²) >= 11 is 0. The van der Waals surface area contributed by atoms with E-state index in [2.05, 4.69) is 41.4 Å². The molecular formula is C28H40N2O3. The van der Waals surface area contributed by atoms with Crippen molar-refractivity contribution in [1.82, 2.24) is 10.2 Å². The third-order valence-electron chi connectivity index (χ3n) is 6.53. The number of carbonyl (C=O) groups is 1. The Kier molecular flexibility index (Phi) is 10.7. The predicted molar refractivity (Wildman–Crippen MR) is 136 cm³/mol. The minimum absolute atomic E-state index is 0.239. The van der Waals surface area contributed by atoms with E-state index < -0.39 is 5.97 Å². The maximum Gasteiger partial charge on any atom is 0.303 e. The van der Waals surface area contributed by atoms with Crippen molar-refractivity contribution in [2.24, 2.45) is 0 Å². The lowest BCUT2D eigenvalue weighted by molar-refractivity contribution is -0.137. The fourth-order valence-corrected chi connectivity index (χ4v) is 4.55. The molecule has 3 rings (SSSR count). The lowest BCUT2D eigenvalue weighted by Crippen LogP contribution is -2.39. The molecule has 2 aromatic rings. The van der Waals surface area contributed by atoms with E-state index >= 15 is 0 Å². The van der Waals surface area contributed by atoms with Crippen LogP contribution in [0.5, 0.6) is 5.75 Å². The summed E-state index contributed by atoms with van der Waals surface area (Å²) in [5.74, 6) is 0.187. The van der Waals surface area contributed by atoms with Gasteiger partial charge in [0.1, 0.15) is 12.4 Å². The van der Waals surface area contributed by atoms with E-state index in [1.165, 1.54) is 36.8 Å². The lowest BCUT2D eigenvalue weighted by atomic mass is 10.0. The SMILES string of the molecule is CC1CCCCN1CCCNCC(=CCCCCC(=O)O)COc1cccc2ccccc12. The van der Waals surface area contributed by atoms with Crippen molar-refractivity contribution < 1.29 is 14.6 Å². The number of nitrogens with one attached hydrogen (secondary N) is 1. The number of rotatable bonds is 14. The minimum atomic E-state index is -0.719. The standard InChI is InChI=1S/C28H40N2O3/c1-23-11-7-8-19-30(23)20-10-18-29-21-24(12-3-2-4-17-28(31)32)22-33-27-16-9-14-25-13-5-6-15-26(25)27/h5-6,9,12-16,23,29H,2-4,7-8,10-11,17-22H2,1H3,(H,31,32). The second-order valence-electron chi connectivity index (χ2n) is 9.18. The molecule has 1 heterocycles. The summed E-state index contributed by atoms with van der Waals surface area (Å²) in [5, 5.41) is 14.8. The predicted octanol–water partition coefficient (Wildman–Crippen LogP) is 5.64. The molecule has 0 radical (unpaired) electrons. The summed E-state index contributed by atoms with van der Waals surface area (Å²) in [6.45, 7) is 7.09. The van der Waals surface area contributed by atoms with Crippen LogP contribution < -0.4 is 10.1 Å². The third kappa shape index (κ3) is 8.82. The van der Waals surface area contributed by atoms with Crippen molar-refractivity contribution in [1.29, 1.82) is 0 Å². The highest BCUT2D eigenvalue weighted by atomic mass is 16.5. The average Bonchev–Trinajstić information content (AvgIpc) is 2.82. The molecule has 0 bridgehead atoms. The summed E-state index contributed by atoms with van der Waals surface area (Å²) in [4.78, 5) is 13.4. The monoisotopic (exact) mass is 452 g/mol. The Morgan fingerprint density at radius 3 is 2.85 bits per heavy atom. The van der Waals surface area contributed by atoms with Crippen LogP contribution in [0.25, 0.3) is 10.8 Å². The smallest absolute Gasteiger partial charge is 0.303 e. The third-order valence-corrected chi connectivity index (χ3v) is 6.53. The van der Waals surface area contributed by atoms with Gasteiger partial charge in [-0.2, -0.15) is 0 Å². The second kappa shape index (κ2) is 14.0. The molecule has 0 aromatic heterocycles. The molecule has 33 heavy (non-hydrogen) atoms. The zero-order chi connectivity index (χ0) is 23.3. The van der Waals surface area contributed by atoms with Gasteiger partial charge in [-0.3, -0.25) is 4.79 Å². The van der Waals surface area contributed by atoms with E-state index in [1.54, 1.807) is 0 Å². The molecule has 0 aliphatic carbocycles. The van der Waals surface area contributed by atoms with E-state index in [-0.39, 0.29) is 6.42 Å². The number of likely N-dealkylation sites (tertiary alicyclic amines) is 1. The van der Waals surface area contributed by atoms with Crippen LogP contribution in [0.15, 0.2) is 54.1 Å². The topological polar surface area (TPSA) is 61.8 Å².